The number of amides is 2. The Kier molecular flexibility index (Phi) is 8.83. The van der Waals surface area contributed by atoms with E-state index in [4.69, 9.17) is 16.3 Å². The van der Waals surface area contributed by atoms with Crippen LogP contribution >= 0.6 is 23.4 Å². The highest BCUT2D eigenvalue weighted by Crippen LogP contribution is 2.39. The van der Waals surface area contributed by atoms with Crippen molar-refractivity contribution in [3.63, 3.8) is 0 Å². The quantitative estimate of drug-likeness (QED) is 0.210. The zero-order chi connectivity index (χ0) is 28.0. The summed E-state index contributed by atoms with van der Waals surface area (Å²) in [5, 5.41) is 4.52. The number of ether oxygens (including phenoxy) is 1. The van der Waals surface area contributed by atoms with Gasteiger partial charge in [0.25, 0.3) is 5.91 Å². The van der Waals surface area contributed by atoms with E-state index in [1.807, 2.05) is 0 Å². The molecule has 0 spiro atoms. The van der Waals surface area contributed by atoms with E-state index in [2.05, 4.69) is 10.6 Å². The monoisotopic (exact) mass is 570 g/mol. The van der Waals surface area contributed by atoms with Crippen LogP contribution < -0.4 is 15.4 Å². The Hall–Kier alpha value is -3.95. The Balaban J connectivity index is 1.57. The topological polar surface area (TPSA) is 67.4 Å². The summed E-state index contributed by atoms with van der Waals surface area (Å²) in [6, 6.07) is 25.2. The maximum Gasteiger partial charge on any atom is 0.416 e. The van der Waals surface area contributed by atoms with E-state index in [9.17, 15) is 22.8 Å². The molecule has 10 heteroatoms. The molecule has 1 unspecified atom stereocenters. The summed E-state index contributed by atoms with van der Waals surface area (Å²) in [6.07, 6.45) is -4.59. The van der Waals surface area contributed by atoms with Gasteiger partial charge < -0.3 is 15.4 Å². The van der Waals surface area contributed by atoms with E-state index in [1.54, 1.807) is 78.9 Å². The molecule has 0 heterocycles. The van der Waals surface area contributed by atoms with Crippen LogP contribution in [0.1, 0.15) is 26.7 Å². The van der Waals surface area contributed by atoms with Crippen molar-refractivity contribution in [2.75, 3.05) is 17.7 Å². The van der Waals surface area contributed by atoms with Crippen LogP contribution in [-0.4, -0.2) is 18.9 Å². The van der Waals surface area contributed by atoms with Crippen LogP contribution in [0.2, 0.25) is 5.02 Å². The second kappa shape index (κ2) is 12.3. The van der Waals surface area contributed by atoms with Crippen LogP contribution in [0.3, 0.4) is 0 Å². The summed E-state index contributed by atoms with van der Waals surface area (Å²) in [5.74, 6) is -0.352. The lowest BCUT2D eigenvalue weighted by molar-refractivity contribution is -0.137. The molecule has 0 saturated carbocycles. The van der Waals surface area contributed by atoms with Gasteiger partial charge in [0.05, 0.1) is 23.4 Å². The summed E-state index contributed by atoms with van der Waals surface area (Å²) < 4.78 is 44.8. The number of rotatable bonds is 8. The SMILES string of the molecule is COc1cccc(C(=O)Nc2cccc(SC(C(=O)Nc3cc(C(F)(F)F)ccc3Cl)c3ccccc3)c2)c1. The molecule has 0 fully saturated rings. The molecule has 4 aromatic rings. The number of hydrogen-bond acceptors (Lipinski definition) is 4. The number of carbonyl (C=O) groups is 2. The minimum atomic E-state index is -4.59. The zero-order valence-electron chi connectivity index (χ0n) is 20.5. The molecule has 0 radical (unpaired) electrons. The Labute approximate surface area is 232 Å². The second-order valence-electron chi connectivity index (χ2n) is 8.30. The normalized spacial score (nSPS) is 11.9. The third kappa shape index (κ3) is 7.34. The number of nitrogens with one attached hydrogen (secondary N) is 2. The van der Waals surface area contributed by atoms with Gasteiger partial charge in [0.2, 0.25) is 5.91 Å². The van der Waals surface area contributed by atoms with Crippen LogP contribution in [0.15, 0.2) is 102 Å². The van der Waals surface area contributed by atoms with E-state index in [0.29, 0.717) is 27.5 Å². The summed E-state index contributed by atoms with van der Waals surface area (Å²) >= 11 is 7.28. The number of anilines is 2. The van der Waals surface area contributed by atoms with Crippen molar-refractivity contribution >= 4 is 46.6 Å². The summed E-state index contributed by atoms with van der Waals surface area (Å²) in [5.41, 5.74) is 0.477. The van der Waals surface area contributed by atoms with E-state index >= 15 is 0 Å². The lowest BCUT2D eigenvalue weighted by Gasteiger charge is -2.19. The number of carbonyl (C=O) groups excluding carboxylic acids is 2. The highest BCUT2D eigenvalue weighted by Gasteiger charge is 2.31. The molecule has 200 valence electrons. The minimum absolute atomic E-state index is 0.0181. The molecule has 39 heavy (non-hydrogen) atoms. The van der Waals surface area contributed by atoms with Gasteiger partial charge >= 0.3 is 6.18 Å². The van der Waals surface area contributed by atoms with Crippen LogP contribution in [0.4, 0.5) is 24.5 Å². The third-order valence-electron chi connectivity index (χ3n) is 5.57. The molecule has 4 aromatic carbocycles. The predicted molar refractivity (Wildman–Crippen MR) is 148 cm³/mol. The number of benzene rings is 4. The number of hydrogen-bond donors (Lipinski definition) is 2. The van der Waals surface area contributed by atoms with Crippen molar-refractivity contribution in [1.29, 1.82) is 0 Å². The Morgan fingerprint density at radius 1 is 0.872 bits per heavy atom. The molecule has 5 nitrogen and oxygen atoms in total. The Morgan fingerprint density at radius 3 is 2.33 bits per heavy atom. The van der Waals surface area contributed by atoms with E-state index in [-0.39, 0.29) is 16.6 Å². The molecule has 0 aromatic heterocycles. The van der Waals surface area contributed by atoms with E-state index < -0.39 is 22.9 Å². The van der Waals surface area contributed by atoms with Crippen LogP contribution in [0, 0.1) is 0 Å². The highest BCUT2D eigenvalue weighted by molar-refractivity contribution is 8.00. The van der Waals surface area contributed by atoms with Crippen molar-refractivity contribution in [3.05, 3.63) is 119 Å². The average molecular weight is 571 g/mol. The van der Waals surface area contributed by atoms with Gasteiger partial charge in [-0.1, -0.05) is 54.1 Å². The summed E-state index contributed by atoms with van der Waals surface area (Å²) in [6.45, 7) is 0. The van der Waals surface area contributed by atoms with E-state index in [1.165, 1.54) is 18.9 Å². The molecule has 0 aliphatic rings. The molecule has 2 amide bonds. The number of thioether (sulfide) groups is 1. The largest absolute Gasteiger partial charge is 0.497 e. The first-order valence-electron chi connectivity index (χ1n) is 11.6. The molecule has 0 aliphatic heterocycles. The molecule has 0 bridgehead atoms. The molecular formula is C29H22ClF3N2O3S. The average Bonchev–Trinajstić information content (AvgIpc) is 2.93. The standard InChI is InChI=1S/C29H22ClF3N2O3S/c1-38-22-11-5-9-19(15-22)27(36)34-21-10-6-12-23(17-21)39-26(18-7-3-2-4-8-18)28(37)35-25-16-20(29(31,32)33)13-14-24(25)30/h2-17,26H,1H3,(H,34,36)(H,35,37). The molecule has 4 rings (SSSR count). The van der Waals surface area contributed by atoms with Gasteiger partial charge in [-0.2, -0.15) is 13.2 Å². The maximum atomic E-state index is 13.4. The maximum absolute atomic E-state index is 13.4. The second-order valence-corrected chi connectivity index (χ2v) is 9.89. The number of methoxy groups -OCH3 is 1. The van der Waals surface area contributed by atoms with Gasteiger partial charge in [0, 0.05) is 16.1 Å². The summed E-state index contributed by atoms with van der Waals surface area (Å²) in [7, 11) is 1.51. The summed E-state index contributed by atoms with van der Waals surface area (Å²) in [4.78, 5) is 26.8. The fourth-order valence-electron chi connectivity index (χ4n) is 3.65. The minimum Gasteiger partial charge on any atom is -0.497 e. The molecule has 1 atom stereocenters. The fraction of sp³-hybridized carbons (Fsp3) is 0.103. The predicted octanol–water partition coefficient (Wildman–Crippen LogP) is 8.09. The zero-order valence-corrected chi connectivity index (χ0v) is 22.0. The fourth-order valence-corrected chi connectivity index (χ4v) is 4.90. The van der Waals surface area contributed by atoms with Crippen LogP contribution in [0.25, 0.3) is 0 Å². The first kappa shape index (κ1) is 28.1. The third-order valence-corrected chi connectivity index (χ3v) is 7.15. The van der Waals surface area contributed by atoms with Gasteiger partial charge in [-0.3, -0.25) is 9.59 Å². The highest BCUT2D eigenvalue weighted by atomic mass is 35.5. The van der Waals surface area contributed by atoms with E-state index in [0.717, 1.165) is 18.2 Å². The smallest absolute Gasteiger partial charge is 0.416 e. The lowest BCUT2D eigenvalue weighted by atomic mass is 10.1. The van der Waals surface area contributed by atoms with Crippen LogP contribution in [0.5, 0.6) is 5.75 Å². The van der Waals surface area contributed by atoms with Crippen molar-refractivity contribution in [1.82, 2.24) is 0 Å². The number of halogens is 4. The molecule has 0 saturated heterocycles. The van der Waals surface area contributed by atoms with Crippen LogP contribution in [-0.2, 0) is 11.0 Å². The Morgan fingerprint density at radius 2 is 1.62 bits per heavy atom. The molecule has 2 N–H and O–H groups in total. The first-order chi connectivity index (χ1) is 18.6. The number of alkyl halides is 3. The van der Waals surface area contributed by atoms with Gasteiger partial charge in [0.15, 0.2) is 0 Å². The van der Waals surface area contributed by atoms with Gasteiger partial charge in [-0.25, -0.2) is 0 Å². The Bertz CT molecular complexity index is 1480. The first-order valence-corrected chi connectivity index (χ1v) is 12.8. The molecule has 0 aliphatic carbocycles. The van der Waals surface area contributed by atoms with Crippen molar-refractivity contribution < 1.29 is 27.5 Å². The van der Waals surface area contributed by atoms with Crippen molar-refractivity contribution in [3.8, 4) is 5.75 Å². The van der Waals surface area contributed by atoms with Gasteiger partial charge in [0.1, 0.15) is 11.0 Å². The van der Waals surface area contributed by atoms with Gasteiger partial charge in [-0.05, 0) is 60.2 Å². The van der Waals surface area contributed by atoms with Crippen molar-refractivity contribution in [2.24, 2.45) is 0 Å². The van der Waals surface area contributed by atoms with Gasteiger partial charge in [-0.15, -0.1) is 11.8 Å². The molecular weight excluding hydrogens is 549 g/mol. The lowest BCUT2D eigenvalue weighted by Crippen LogP contribution is -2.20. The van der Waals surface area contributed by atoms with Crippen molar-refractivity contribution in [2.45, 2.75) is 16.3 Å².